The first kappa shape index (κ1) is 20.3. The molecule has 0 saturated heterocycles. The average molecular weight is 390 g/mol. The summed E-state index contributed by atoms with van der Waals surface area (Å²) in [6.45, 7) is 6.42. The van der Waals surface area contributed by atoms with Crippen LogP contribution in [0, 0.1) is 6.92 Å². The number of hydrogen-bond acceptors (Lipinski definition) is 5. The zero-order valence-electron chi connectivity index (χ0n) is 17.2. The fraction of sp³-hybridized carbons (Fsp3) is 0.261. The molecule has 0 aliphatic carbocycles. The van der Waals surface area contributed by atoms with E-state index in [0.717, 1.165) is 5.75 Å². The Balaban J connectivity index is 1.72. The summed E-state index contributed by atoms with van der Waals surface area (Å²) >= 11 is 0. The summed E-state index contributed by atoms with van der Waals surface area (Å²) in [5.41, 5.74) is 2.18. The molecule has 1 aromatic heterocycles. The number of nitrogens with zero attached hydrogens (tertiary/aromatic N) is 3. The Labute approximate surface area is 171 Å². The van der Waals surface area contributed by atoms with E-state index in [2.05, 4.69) is 27.4 Å². The molecule has 3 aromatic rings. The van der Waals surface area contributed by atoms with Gasteiger partial charge in [0, 0.05) is 25.3 Å². The van der Waals surface area contributed by atoms with Crippen LogP contribution in [0.5, 0.6) is 5.75 Å². The van der Waals surface area contributed by atoms with Crippen molar-refractivity contribution in [2.45, 2.75) is 33.4 Å². The molecule has 0 aliphatic heterocycles. The molecule has 1 heterocycles. The first-order valence-electron chi connectivity index (χ1n) is 9.59. The molecule has 29 heavy (non-hydrogen) atoms. The lowest BCUT2D eigenvalue weighted by molar-refractivity contribution is 0.102. The van der Waals surface area contributed by atoms with Gasteiger partial charge in [-0.1, -0.05) is 30.3 Å². The van der Waals surface area contributed by atoms with E-state index in [0.29, 0.717) is 29.6 Å². The van der Waals surface area contributed by atoms with Gasteiger partial charge in [-0.2, -0.15) is 0 Å². The minimum Gasteiger partial charge on any atom is -0.491 e. The molecule has 0 fully saturated rings. The lowest BCUT2D eigenvalue weighted by Crippen LogP contribution is -2.21. The molecular formula is C23H26N4O2. The van der Waals surface area contributed by atoms with E-state index in [4.69, 9.17) is 4.74 Å². The van der Waals surface area contributed by atoms with Gasteiger partial charge >= 0.3 is 0 Å². The topological polar surface area (TPSA) is 67.3 Å². The van der Waals surface area contributed by atoms with Crippen molar-refractivity contribution in [1.29, 1.82) is 0 Å². The van der Waals surface area contributed by atoms with E-state index in [1.165, 1.54) is 5.56 Å². The number of anilines is 2. The van der Waals surface area contributed by atoms with Gasteiger partial charge in [0.25, 0.3) is 5.91 Å². The molecule has 1 N–H and O–H groups in total. The fourth-order valence-corrected chi connectivity index (χ4v) is 2.89. The number of benzene rings is 2. The van der Waals surface area contributed by atoms with Crippen molar-refractivity contribution in [3.8, 4) is 5.75 Å². The van der Waals surface area contributed by atoms with Gasteiger partial charge in [0.15, 0.2) is 0 Å². The zero-order valence-corrected chi connectivity index (χ0v) is 17.2. The van der Waals surface area contributed by atoms with Crippen LogP contribution >= 0.6 is 0 Å². The van der Waals surface area contributed by atoms with Crippen molar-refractivity contribution in [1.82, 2.24) is 9.97 Å². The zero-order chi connectivity index (χ0) is 20.8. The number of rotatable bonds is 7. The van der Waals surface area contributed by atoms with Crippen LogP contribution in [0.3, 0.4) is 0 Å². The second-order valence-electron chi connectivity index (χ2n) is 7.15. The summed E-state index contributed by atoms with van der Waals surface area (Å²) in [5, 5.41) is 2.88. The Kier molecular flexibility index (Phi) is 6.44. The predicted octanol–water partition coefficient (Wildman–Crippen LogP) is 4.46. The monoisotopic (exact) mass is 390 g/mol. The van der Waals surface area contributed by atoms with Gasteiger partial charge < -0.3 is 15.0 Å². The van der Waals surface area contributed by atoms with E-state index in [1.54, 1.807) is 13.0 Å². The lowest BCUT2D eigenvalue weighted by atomic mass is 10.2. The standard InChI is InChI=1S/C23H26N4O2/c1-16(2)29-20-12-10-19(11-13-20)26-23(28)21-14-22(25-17(3)24-21)27(4)15-18-8-6-5-7-9-18/h5-14,16H,15H2,1-4H3,(H,26,28). The summed E-state index contributed by atoms with van der Waals surface area (Å²) in [5.74, 6) is 1.74. The lowest BCUT2D eigenvalue weighted by Gasteiger charge is -2.19. The maximum Gasteiger partial charge on any atom is 0.274 e. The number of ether oxygens (including phenoxy) is 1. The number of amides is 1. The van der Waals surface area contributed by atoms with Crippen molar-refractivity contribution >= 4 is 17.4 Å². The molecule has 150 valence electrons. The van der Waals surface area contributed by atoms with Crippen LogP contribution in [-0.2, 0) is 6.54 Å². The SMILES string of the molecule is Cc1nc(C(=O)Nc2ccc(OC(C)C)cc2)cc(N(C)Cc2ccccc2)n1. The summed E-state index contributed by atoms with van der Waals surface area (Å²) in [6.07, 6.45) is 0.103. The molecular weight excluding hydrogens is 364 g/mol. The summed E-state index contributed by atoms with van der Waals surface area (Å²) in [4.78, 5) is 23.5. The Morgan fingerprint density at radius 1 is 1.07 bits per heavy atom. The van der Waals surface area contributed by atoms with E-state index in [-0.39, 0.29) is 12.0 Å². The molecule has 0 atom stereocenters. The highest BCUT2D eigenvalue weighted by Gasteiger charge is 2.13. The third-order valence-corrected chi connectivity index (χ3v) is 4.19. The first-order chi connectivity index (χ1) is 13.9. The molecule has 0 aliphatic rings. The molecule has 0 bridgehead atoms. The smallest absolute Gasteiger partial charge is 0.274 e. The van der Waals surface area contributed by atoms with Gasteiger partial charge in [0.2, 0.25) is 0 Å². The van der Waals surface area contributed by atoms with Gasteiger partial charge in [0.1, 0.15) is 23.1 Å². The highest BCUT2D eigenvalue weighted by molar-refractivity contribution is 6.03. The van der Waals surface area contributed by atoms with Crippen molar-refractivity contribution in [3.63, 3.8) is 0 Å². The molecule has 0 unspecified atom stereocenters. The minimum absolute atomic E-state index is 0.103. The maximum atomic E-state index is 12.7. The molecule has 6 heteroatoms. The molecule has 1 amide bonds. The van der Waals surface area contributed by atoms with Gasteiger partial charge in [0.05, 0.1) is 6.10 Å². The van der Waals surface area contributed by atoms with E-state index in [1.807, 2.05) is 68.3 Å². The van der Waals surface area contributed by atoms with Crippen LogP contribution in [0.2, 0.25) is 0 Å². The van der Waals surface area contributed by atoms with Crippen molar-refractivity contribution in [2.24, 2.45) is 0 Å². The molecule has 3 rings (SSSR count). The Morgan fingerprint density at radius 2 is 1.76 bits per heavy atom. The second-order valence-corrected chi connectivity index (χ2v) is 7.15. The normalized spacial score (nSPS) is 10.7. The highest BCUT2D eigenvalue weighted by atomic mass is 16.5. The van der Waals surface area contributed by atoms with Crippen LogP contribution in [0.1, 0.15) is 35.7 Å². The van der Waals surface area contributed by atoms with Crippen LogP contribution in [0.4, 0.5) is 11.5 Å². The Morgan fingerprint density at radius 3 is 2.41 bits per heavy atom. The predicted molar refractivity (Wildman–Crippen MR) is 115 cm³/mol. The van der Waals surface area contributed by atoms with E-state index >= 15 is 0 Å². The van der Waals surface area contributed by atoms with Gasteiger partial charge in [-0.3, -0.25) is 4.79 Å². The van der Waals surface area contributed by atoms with Crippen LogP contribution < -0.4 is 15.0 Å². The number of nitrogens with one attached hydrogen (secondary N) is 1. The van der Waals surface area contributed by atoms with Crippen molar-refractivity contribution in [3.05, 3.63) is 77.7 Å². The first-order valence-corrected chi connectivity index (χ1v) is 9.59. The molecule has 0 spiro atoms. The minimum atomic E-state index is -0.276. The summed E-state index contributed by atoms with van der Waals surface area (Å²) in [6, 6.07) is 19.1. The van der Waals surface area contributed by atoms with Crippen LogP contribution in [-0.4, -0.2) is 29.0 Å². The summed E-state index contributed by atoms with van der Waals surface area (Å²) < 4.78 is 5.63. The van der Waals surface area contributed by atoms with Gasteiger partial charge in [-0.25, -0.2) is 9.97 Å². The molecule has 0 saturated carbocycles. The second kappa shape index (κ2) is 9.19. The van der Waals surface area contributed by atoms with Crippen molar-refractivity contribution < 1.29 is 9.53 Å². The molecule has 2 aromatic carbocycles. The van der Waals surface area contributed by atoms with Gasteiger partial charge in [-0.15, -0.1) is 0 Å². The third-order valence-electron chi connectivity index (χ3n) is 4.19. The third kappa shape index (κ3) is 5.78. The van der Waals surface area contributed by atoms with E-state index < -0.39 is 0 Å². The maximum absolute atomic E-state index is 12.7. The molecule has 0 radical (unpaired) electrons. The highest BCUT2D eigenvalue weighted by Crippen LogP contribution is 2.19. The van der Waals surface area contributed by atoms with Crippen LogP contribution in [0.15, 0.2) is 60.7 Å². The summed E-state index contributed by atoms with van der Waals surface area (Å²) in [7, 11) is 1.95. The Bertz CT molecular complexity index is 956. The number of carbonyl (C=O) groups excluding carboxylic acids is 1. The van der Waals surface area contributed by atoms with Gasteiger partial charge in [-0.05, 0) is 50.6 Å². The fourth-order valence-electron chi connectivity index (χ4n) is 2.89. The van der Waals surface area contributed by atoms with Crippen LogP contribution in [0.25, 0.3) is 0 Å². The average Bonchev–Trinajstić information content (AvgIpc) is 2.69. The number of hydrogen-bond donors (Lipinski definition) is 1. The Hall–Kier alpha value is -3.41. The van der Waals surface area contributed by atoms with E-state index in [9.17, 15) is 4.79 Å². The number of carbonyl (C=O) groups is 1. The van der Waals surface area contributed by atoms with Crippen molar-refractivity contribution in [2.75, 3.05) is 17.3 Å². The largest absolute Gasteiger partial charge is 0.491 e. The molecule has 6 nitrogen and oxygen atoms in total. The quantitative estimate of drug-likeness (QED) is 0.645. The number of aryl methyl sites for hydroxylation is 1. The number of aromatic nitrogens is 2.